The number of halogens is 1. The van der Waals surface area contributed by atoms with Gasteiger partial charge in [0.1, 0.15) is 22.2 Å². The fourth-order valence-electron chi connectivity index (χ4n) is 2.62. The molecule has 2 aromatic rings. The Hall–Kier alpha value is -1.85. The molecule has 1 aromatic heterocycles. The molecule has 4 nitrogen and oxygen atoms in total. The van der Waals surface area contributed by atoms with Crippen molar-refractivity contribution >= 4 is 28.8 Å². The second-order valence-corrected chi connectivity index (χ2v) is 7.35. The molecule has 1 aliphatic heterocycles. The minimum absolute atomic E-state index is 0.0650. The Morgan fingerprint density at radius 2 is 2.08 bits per heavy atom. The minimum Gasteiger partial charge on any atom is -0.486 e. The molecule has 6 heteroatoms. The first kappa shape index (κ1) is 17.0. The van der Waals surface area contributed by atoms with E-state index in [9.17, 15) is 4.79 Å². The van der Waals surface area contributed by atoms with Crippen molar-refractivity contribution in [3.05, 3.63) is 56.5 Å². The van der Waals surface area contributed by atoms with Crippen molar-refractivity contribution in [3.8, 4) is 5.75 Å². The molecule has 0 saturated carbocycles. The van der Waals surface area contributed by atoms with Crippen LogP contribution in [0, 0.1) is 6.92 Å². The molecule has 1 amide bonds. The second-order valence-electron chi connectivity index (χ2n) is 5.83. The van der Waals surface area contributed by atoms with Gasteiger partial charge >= 0.3 is 0 Å². The SMILES string of the molecule is CC1=CCCN(C(=O)c2sc(COc3ccc(Cl)cc3)nc2C)C1. The summed E-state index contributed by atoms with van der Waals surface area (Å²) in [6.45, 7) is 5.75. The number of carbonyl (C=O) groups is 1. The van der Waals surface area contributed by atoms with Gasteiger partial charge in [0.2, 0.25) is 0 Å². The van der Waals surface area contributed by atoms with Crippen LogP contribution in [0.1, 0.15) is 33.7 Å². The lowest BCUT2D eigenvalue weighted by Crippen LogP contribution is -2.35. The normalized spacial score (nSPS) is 14.5. The molecule has 0 bridgehead atoms. The van der Waals surface area contributed by atoms with Gasteiger partial charge in [0.15, 0.2) is 0 Å². The third kappa shape index (κ3) is 3.97. The van der Waals surface area contributed by atoms with Crippen LogP contribution in [-0.4, -0.2) is 28.9 Å². The van der Waals surface area contributed by atoms with Gasteiger partial charge in [0.05, 0.1) is 5.69 Å². The Bertz CT molecular complexity index is 768. The Balaban J connectivity index is 1.67. The molecule has 0 fully saturated rings. The van der Waals surface area contributed by atoms with Crippen LogP contribution in [-0.2, 0) is 6.61 Å². The van der Waals surface area contributed by atoms with E-state index in [1.165, 1.54) is 16.9 Å². The molecule has 2 heterocycles. The van der Waals surface area contributed by atoms with Crippen molar-refractivity contribution in [1.82, 2.24) is 9.88 Å². The first-order chi connectivity index (χ1) is 11.5. The Labute approximate surface area is 150 Å². The molecule has 3 rings (SSSR count). The number of hydrogen-bond donors (Lipinski definition) is 0. The molecule has 0 atom stereocenters. The minimum atomic E-state index is 0.0650. The standard InChI is InChI=1S/C18H19ClN2O2S/c1-12-4-3-9-21(10-12)18(22)17-13(2)20-16(24-17)11-23-15-7-5-14(19)6-8-15/h4-8H,3,9-11H2,1-2H3. The maximum absolute atomic E-state index is 12.7. The summed E-state index contributed by atoms with van der Waals surface area (Å²) in [4.78, 5) is 19.8. The van der Waals surface area contributed by atoms with Gasteiger partial charge < -0.3 is 9.64 Å². The van der Waals surface area contributed by atoms with Gasteiger partial charge in [-0.25, -0.2) is 4.98 Å². The van der Waals surface area contributed by atoms with E-state index >= 15 is 0 Å². The molecule has 126 valence electrons. The highest BCUT2D eigenvalue weighted by atomic mass is 35.5. The predicted octanol–water partition coefficient (Wildman–Crippen LogP) is 4.48. The van der Waals surface area contributed by atoms with Crippen molar-refractivity contribution in [2.45, 2.75) is 26.9 Å². The summed E-state index contributed by atoms with van der Waals surface area (Å²) in [7, 11) is 0. The Kier molecular flexibility index (Phi) is 5.21. The van der Waals surface area contributed by atoms with Crippen LogP contribution in [0.2, 0.25) is 5.02 Å². The van der Waals surface area contributed by atoms with Gasteiger partial charge in [-0.2, -0.15) is 0 Å². The number of aryl methyl sites for hydroxylation is 1. The number of amides is 1. The number of thiazole rings is 1. The highest BCUT2D eigenvalue weighted by Crippen LogP contribution is 2.24. The number of benzene rings is 1. The average Bonchev–Trinajstić information content (AvgIpc) is 2.94. The largest absolute Gasteiger partial charge is 0.486 e. The van der Waals surface area contributed by atoms with Crippen molar-refractivity contribution in [3.63, 3.8) is 0 Å². The third-order valence-electron chi connectivity index (χ3n) is 3.83. The van der Waals surface area contributed by atoms with Crippen LogP contribution < -0.4 is 4.74 Å². The van der Waals surface area contributed by atoms with Gasteiger partial charge in [-0.3, -0.25) is 4.79 Å². The van der Waals surface area contributed by atoms with Gasteiger partial charge in [0, 0.05) is 18.1 Å². The van der Waals surface area contributed by atoms with Crippen molar-refractivity contribution in [2.24, 2.45) is 0 Å². The molecule has 24 heavy (non-hydrogen) atoms. The maximum atomic E-state index is 12.7. The first-order valence-electron chi connectivity index (χ1n) is 7.82. The predicted molar refractivity (Wildman–Crippen MR) is 96.9 cm³/mol. The summed E-state index contributed by atoms with van der Waals surface area (Å²) in [5, 5.41) is 1.47. The van der Waals surface area contributed by atoms with Crippen LogP contribution in [0.4, 0.5) is 0 Å². The van der Waals surface area contributed by atoms with E-state index in [1.807, 2.05) is 24.0 Å². The quantitative estimate of drug-likeness (QED) is 0.753. The van der Waals surface area contributed by atoms with E-state index in [4.69, 9.17) is 16.3 Å². The van der Waals surface area contributed by atoms with E-state index in [2.05, 4.69) is 18.0 Å². The summed E-state index contributed by atoms with van der Waals surface area (Å²) >= 11 is 7.27. The molecule has 0 aliphatic carbocycles. The van der Waals surface area contributed by atoms with Gasteiger partial charge in [-0.15, -0.1) is 11.3 Å². The van der Waals surface area contributed by atoms with Crippen LogP contribution >= 0.6 is 22.9 Å². The highest BCUT2D eigenvalue weighted by Gasteiger charge is 2.23. The van der Waals surface area contributed by atoms with Gasteiger partial charge in [0.25, 0.3) is 5.91 Å². The molecule has 1 aromatic carbocycles. The third-order valence-corrected chi connectivity index (χ3v) is 5.20. The summed E-state index contributed by atoms with van der Waals surface area (Å²) in [6, 6.07) is 7.20. The number of carbonyl (C=O) groups excluding carboxylic acids is 1. The smallest absolute Gasteiger partial charge is 0.266 e. The average molecular weight is 363 g/mol. The van der Waals surface area contributed by atoms with Gasteiger partial charge in [-0.1, -0.05) is 23.3 Å². The zero-order chi connectivity index (χ0) is 17.1. The zero-order valence-corrected chi connectivity index (χ0v) is 15.3. The molecule has 0 spiro atoms. The number of hydrogen-bond acceptors (Lipinski definition) is 4. The molecular formula is C18H19ClN2O2S. The summed E-state index contributed by atoms with van der Waals surface area (Å²) < 4.78 is 5.71. The summed E-state index contributed by atoms with van der Waals surface area (Å²) in [5.74, 6) is 0.798. The zero-order valence-electron chi connectivity index (χ0n) is 13.7. The fourth-order valence-corrected chi connectivity index (χ4v) is 3.69. The Morgan fingerprint density at radius 1 is 1.33 bits per heavy atom. The first-order valence-corrected chi connectivity index (χ1v) is 9.02. The molecule has 0 saturated heterocycles. The number of nitrogens with zero attached hydrogens (tertiary/aromatic N) is 2. The summed E-state index contributed by atoms with van der Waals surface area (Å²) in [6.07, 6.45) is 3.11. The topological polar surface area (TPSA) is 42.4 Å². The summed E-state index contributed by atoms with van der Waals surface area (Å²) in [5.41, 5.74) is 2.01. The van der Waals surface area contributed by atoms with Crippen LogP contribution in [0.25, 0.3) is 0 Å². The van der Waals surface area contributed by atoms with E-state index in [0.717, 1.165) is 29.4 Å². The van der Waals surface area contributed by atoms with Crippen molar-refractivity contribution in [2.75, 3.05) is 13.1 Å². The molecular weight excluding hydrogens is 344 g/mol. The van der Waals surface area contributed by atoms with E-state index in [1.54, 1.807) is 12.1 Å². The van der Waals surface area contributed by atoms with Crippen molar-refractivity contribution < 1.29 is 9.53 Å². The van der Waals surface area contributed by atoms with Crippen LogP contribution in [0.15, 0.2) is 35.9 Å². The lowest BCUT2D eigenvalue weighted by atomic mass is 10.1. The number of rotatable bonds is 4. The second kappa shape index (κ2) is 7.36. The Morgan fingerprint density at radius 3 is 2.79 bits per heavy atom. The molecule has 0 radical (unpaired) electrons. The number of ether oxygens (including phenoxy) is 1. The molecule has 0 N–H and O–H groups in total. The van der Waals surface area contributed by atoms with Gasteiger partial charge in [-0.05, 0) is 44.5 Å². The highest BCUT2D eigenvalue weighted by molar-refractivity contribution is 7.13. The van der Waals surface area contributed by atoms with Crippen LogP contribution in [0.5, 0.6) is 5.75 Å². The van der Waals surface area contributed by atoms with E-state index in [0.29, 0.717) is 23.1 Å². The fraction of sp³-hybridized carbons (Fsp3) is 0.333. The van der Waals surface area contributed by atoms with E-state index < -0.39 is 0 Å². The monoisotopic (exact) mass is 362 g/mol. The maximum Gasteiger partial charge on any atom is 0.266 e. The van der Waals surface area contributed by atoms with Crippen LogP contribution in [0.3, 0.4) is 0 Å². The lowest BCUT2D eigenvalue weighted by Gasteiger charge is -2.25. The van der Waals surface area contributed by atoms with Crippen molar-refractivity contribution in [1.29, 1.82) is 0 Å². The lowest BCUT2D eigenvalue weighted by molar-refractivity contribution is 0.0770. The number of aromatic nitrogens is 1. The van der Waals surface area contributed by atoms with E-state index in [-0.39, 0.29) is 5.91 Å². The molecule has 1 aliphatic rings. The molecule has 0 unspecified atom stereocenters.